The fourth-order valence-corrected chi connectivity index (χ4v) is 3.27. The number of anilines is 1. The zero-order valence-electron chi connectivity index (χ0n) is 22.1. The minimum Gasteiger partial charge on any atom is -0.493 e. The maximum Gasteiger partial charge on any atom is 0.350 e. The molecule has 0 bridgehead atoms. The third kappa shape index (κ3) is 9.00. The van der Waals surface area contributed by atoms with Gasteiger partial charge >= 0.3 is 5.69 Å². The number of nitrogens with two attached hydrogens (primary N) is 1. The Bertz CT molecular complexity index is 1380. The molecule has 0 saturated heterocycles. The first-order chi connectivity index (χ1) is 18.7. The highest BCUT2D eigenvalue weighted by Gasteiger charge is 2.22. The SMILES string of the molecule is CC(=O)O.CCOc1cc(C(Nc2ccc(C)cc2)c2nn(-c3ncccn3)c(=O)[nH]2)ccc1OC.N=CN. The van der Waals surface area contributed by atoms with Gasteiger partial charge in [0.05, 0.1) is 20.1 Å². The summed E-state index contributed by atoms with van der Waals surface area (Å²) in [6, 6.07) is 14.8. The fourth-order valence-electron chi connectivity index (χ4n) is 3.27. The highest BCUT2D eigenvalue weighted by molar-refractivity contribution is 5.63. The average Bonchev–Trinajstić information content (AvgIpc) is 3.30. The van der Waals surface area contributed by atoms with Crippen LogP contribution < -0.4 is 26.2 Å². The van der Waals surface area contributed by atoms with Crippen molar-refractivity contribution in [2.24, 2.45) is 5.73 Å². The molecular formula is C26H32N8O5. The van der Waals surface area contributed by atoms with E-state index in [4.69, 9.17) is 24.8 Å². The third-order valence-corrected chi connectivity index (χ3v) is 4.83. The monoisotopic (exact) mass is 536 g/mol. The summed E-state index contributed by atoms with van der Waals surface area (Å²) in [5.74, 6) is 1.01. The number of carboxylic acids is 1. The van der Waals surface area contributed by atoms with Crippen molar-refractivity contribution in [3.05, 3.63) is 88.4 Å². The summed E-state index contributed by atoms with van der Waals surface area (Å²) in [4.78, 5) is 32.7. The van der Waals surface area contributed by atoms with E-state index in [1.165, 1.54) is 0 Å². The number of ether oxygens (including phenoxy) is 2. The van der Waals surface area contributed by atoms with Gasteiger partial charge in [0.2, 0.25) is 0 Å². The van der Waals surface area contributed by atoms with E-state index in [2.05, 4.69) is 31.1 Å². The van der Waals surface area contributed by atoms with Gasteiger partial charge in [0.1, 0.15) is 6.04 Å². The van der Waals surface area contributed by atoms with Crippen LogP contribution in [-0.4, -0.2) is 55.9 Å². The van der Waals surface area contributed by atoms with Crippen LogP contribution in [-0.2, 0) is 4.79 Å². The predicted molar refractivity (Wildman–Crippen MR) is 147 cm³/mol. The van der Waals surface area contributed by atoms with Crippen LogP contribution in [0.5, 0.6) is 11.5 Å². The molecule has 0 aliphatic rings. The van der Waals surface area contributed by atoms with E-state index < -0.39 is 17.7 Å². The average molecular weight is 537 g/mol. The third-order valence-electron chi connectivity index (χ3n) is 4.83. The second-order valence-electron chi connectivity index (χ2n) is 7.75. The van der Waals surface area contributed by atoms with Crippen LogP contribution in [0.4, 0.5) is 5.69 Å². The number of hydrogen-bond acceptors (Lipinski definition) is 9. The van der Waals surface area contributed by atoms with Gasteiger partial charge in [-0.05, 0) is 49.7 Å². The van der Waals surface area contributed by atoms with Crippen molar-refractivity contribution in [1.29, 1.82) is 5.41 Å². The number of H-pyrrole nitrogens is 1. The lowest BCUT2D eigenvalue weighted by molar-refractivity contribution is -0.134. The van der Waals surface area contributed by atoms with Crippen molar-refractivity contribution >= 4 is 18.0 Å². The van der Waals surface area contributed by atoms with E-state index >= 15 is 0 Å². The Balaban J connectivity index is 0.000000686. The molecule has 0 amide bonds. The van der Waals surface area contributed by atoms with Crippen LogP contribution in [0.3, 0.4) is 0 Å². The lowest BCUT2D eigenvalue weighted by Crippen LogP contribution is -2.18. The lowest BCUT2D eigenvalue weighted by Gasteiger charge is -2.20. The molecule has 1 atom stereocenters. The van der Waals surface area contributed by atoms with Gasteiger partial charge in [0, 0.05) is 25.0 Å². The number of rotatable bonds is 8. The molecule has 4 rings (SSSR count). The Morgan fingerprint density at radius 2 is 1.82 bits per heavy atom. The number of carbonyl (C=O) groups is 1. The molecule has 4 aromatic rings. The molecule has 2 aromatic heterocycles. The van der Waals surface area contributed by atoms with Gasteiger partial charge in [-0.3, -0.25) is 15.2 Å². The molecule has 39 heavy (non-hydrogen) atoms. The maximum atomic E-state index is 12.6. The molecule has 206 valence electrons. The molecule has 0 saturated carbocycles. The minimum absolute atomic E-state index is 0.193. The predicted octanol–water partition coefficient (Wildman–Crippen LogP) is 2.91. The van der Waals surface area contributed by atoms with Gasteiger partial charge < -0.3 is 25.6 Å². The molecule has 0 spiro atoms. The van der Waals surface area contributed by atoms with Gasteiger partial charge in [-0.2, -0.15) is 0 Å². The summed E-state index contributed by atoms with van der Waals surface area (Å²) >= 11 is 0. The van der Waals surface area contributed by atoms with Crippen LogP contribution in [0, 0.1) is 12.3 Å². The smallest absolute Gasteiger partial charge is 0.350 e. The Hall–Kier alpha value is -5.20. The second-order valence-corrected chi connectivity index (χ2v) is 7.75. The number of nitrogens with zero attached hydrogens (tertiary/aromatic N) is 4. The van der Waals surface area contributed by atoms with Crippen LogP contribution in [0.2, 0.25) is 0 Å². The number of aromatic amines is 1. The van der Waals surface area contributed by atoms with Crippen molar-refractivity contribution in [3.8, 4) is 17.4 Å². The first-order valence-electron chi connectivity index (χ1n) is 11.7. The van der Waals surface area contributed by atoms with E-state index in [-0.39, 0.29) is 5.95 Å². The van der Waals surface area contributed by atoms with Gasteiger partial charge in [-0.25, -0.2) is 14.8 Å². The number of aryl methyl sites for hydroxylation is 1. The number of carboxylic acid groups (broad SMARTS) is 1. The Labute approximate surface area is 225 Å². The fraction of sp³-hybridized carbons (Fsp3) is 0.231. The van der Waals surface area contributed by atoms with E-state index in [0.29, 0.717) is 23.9 Å². The van der Waals surface area contributed by atoms with Crippen molar-refractivity contribution in [2.45, 2.75) is 26.8 Å². The van der Waals surface area contributed by atoms with E-state index in [1.807, 2.05) is 56.3 Å². The van der Waals surface area contributed by atoms with Gasteiger partial charge in [-0.1, -0.05) is 23.8 Å². The molecule has 2 heterocycles. The van der Waals surface area contributed by atoms with Crippen molar-refractivity contribution in [2.75, 3.05) is 19.0 Å². The molecule has 0 aliphatic heterocycles. The number of nitrogens with one attached hydrogen (secondary N) is 3. The summed E-state index contributed by atoms with van der Waals surface area (Å²) in [5.41, 5.74) is 6.82. The molecule has 6 N–H and O–H groups in total. The minimum atomic E-state index is -0.833. The van der Waals surface area contributed by atoms with Crippen molar-refractivity contribution in [1.82, 2.24) is 24.7 Å². The van der Waals surface area contributed by atoms with Gasteiger partial charge in [0.15, 0.2) is 17.3 Å². The topological polar surface area (TPSA) is 194 Å². The number of aliphatic carboxylic acids is 1. The molecule has 13 heteroatoms. The van der Waals surface area contributed by atoms with E-state index in [0.717, 1.165) is 34.8 Å². The quantitative estimate of drug-likeness (QED) is 0.165. The van der Waals surface area contributed by atoms with Crippen molar-refractivity contribution < 1.29 is 19.4 Å². The van der Waals surface area contributed by atoms with Gasteiger partial charge in [0.25, 0.3) is 11.9 Å². The molecule has 0 fully saturated rings. The van der Waals surface area contributed by atoms with Crippen LogP contribution in [0.15, 0.2) is 65.7 Å². The van der Waals surface area contributed by atoms with Crippen LogP contribution in [0.1, 0.15) is 36.8 Å². The lowest BCUT2D eigenvalue weighted by atomic mass is 10.0. The first-order valence-corrected chi connectivity index (χ1v) is 11.7. The Morgan fingerprint density at radius 1 is 1.21 bits per heavy atom. The zero-order valence-corrected chi connectivity index (χ0v) is 22.1. The van der Waals surface area contributed by atoms with E-state index in [9.17, 15) is 4.79 Å². The summed E-state index contributed by atoms with van der Waals surface area (Å²) < 4.78 is 12.3. The zero-order chi connectivity index (χ0) is 28.8. The number of aromatic nitrogens is 5. The van der Waals surface area contributed by atoms with Crippen LogP contribution >= 0.6 is 0 Å². The van der Waals surface area contributed by atoms with E-state index in [1.54, 1.807) is 25.6 Å². The Kier molecular flexibility index (Phi) is 11.7. The highest BCUT2D eigenvalue weighted by atomic mass is 16.5. The maximum absolute atomic E-state index is 12.6. The molecular weight excluding hydrogens is 504 g/mol. The molecule has 2 aromatic carbocycles. The summed E-state index contributed by atoms with van der Waals surface area (Å²) in [6.07, 6.45) is 3.87. The summed E-state index contributed by atoms with van der Waals surface area (Å²) in [5, 5.41) is 21.2. The van der Waals surface area contributed by atoms with Gasteiger partial charge in [-0.15, -0.1) is 9.78 Å². The number of methoxy groups -OCH3 is 1. The summed E-state index contributed by atoms with van der Waals surface area (Å²) in [7, 11) is 1.60. The highest BCUT2D eigenvalue weighted by Crippen LogP contribution is 2.33. The van der Waals surface area contributed by atoms with Crippen LogP contribution in [0.25, 0.3) is 5.95 Å². The number of hydrogen-bond donors (Lipinski definition) is 5. The molecule has 1 unspecified atom stereocenters. The second kappa shape index (κ2) is 15.1. The summed E-state index contributed by atoms with van der Waals surface area (Å²) in [6.45, 7) is 5.51. The normalized spacial score (nSPS) is 10.6. The molecule has 0 radical (unpaired) electrons. The Morgan fingerprint density at radius 3 is 2.38 bits per heavy atom. The largest absolute Gasteiger partial charge is 0.493 e. The first kappa shape index (κ1) is 30.0. The standard InChI is InChI=1S/C23H24N6O3.C2H4O2.CH4N2/c1-4-32-19-14-16(8-11-18(19)31-3)20(26-17-9-6-15(2)7-10-17)21-27-23(30)29(28-21)22-24-12-5-13-25-22;1-2(3)4;2-1-3/h5-14,20,26H,4H2,1-3H3,(H,27,28,30);1H3,(H,3,4);1H,(H3,2,3). The number of benzene rings is 2. The molecule has 0 aliphatic carbocycles. The van der Waals surface area contributed by atoms with Crippen molar-refractivity contribution in [3.63, 3.8) is 0 Å². The molecule has 13 nitrogen and oxygen atoms in total.